The Kier molecular flexibility index (Phi) is 3.93. The number of rotatable bonds is 4. The van der Waals surface area contributed by atoms with Crippen molar-refractivity contribution in [3.05, 3.63) is 23.3 Å². The van der Waals surface area contributed by atoms with E-state index in [2.05, 4.69) is 4.74 Å². The molecule has 0 aliphatic carbocycles. The van der Waals surface area contributed by atoms with Gasteiger partial charge in [0.1, 0.15) is 0 Å². The van der Waals surface area contributed by atoms with Crippen molar-refractivity contribution < 1.29 is 27.1 Å². The second-order valence-corrected chi connectivity index (χ2v) is 3.18. The van der Waals surface area contributed by atoms with Gasteiger partial charge in [-0.1, -0.05) is 6.07 Å². The van der Waals surface area contributed by atoms with Crippen molar-refractivity contribution in [3.8, 4) is 5.75 Å². The van der Waals surface area contributed by atoms with E-state index in [4.69, 9.17) is 5.73 Å². The molecule has 0 unspecified atom stereocenters. The van der Waals surface area contributed by atoms with Crippen LogP contribution in [-0.2, 0) is 0 Å². The summed E-state index contributed by atoms with van der Waals surface area (Å²) in [6, 6.07) is 1.90. The largest absolute Gasteiger partial charge is 0.432 e. The highest BCUT2D eigenvalue weighted by atomic mass is 19.3. The van der Waals surface area contributed by atoms with E-state index in [1.165, 1.54) is 0 Å². The molecule has 7 heteroatoms. The Morgan fingerprint density at radius 3 is 2.29 bits per heavy atom. The SMILES string of the molecule is CC(=O)c1c(C(F)F)ccc(N)c1OC(F)F. The summed E-state index contributed by atoms with van der Waals surface area (Å²) in [6.07, 6.45) is -2.98. The molecule has 94 valence electrons. The second kappa shape index (κ2) is 5.03. The number of Topliss-reactive ketones (excluding diaryl/α,β-unsaturated/α-hetero) is 1. The van der Waals surface area contributed by atoms with Crippen molar-refractivity contribution in [3.63, 3.8) is 0 Å². The quantitative estimate of drug-likeness (QED) is 0.508. The van der Waals surface area contributed by atoms with E-state index in [0.717, 1.165) is 19.1 Å². The number of benzene rings is 1. The minimum Gasteiger partial charge on any atom is -0.432 e. The molecule has 0 aliphatic rings. The van der Waals surface area contributed by atoms with Crippen molar-refractivity contribution >= 4 is 11.5 Å². The Morgan fingerprint density at radius 2 is 1.88 bits per heavy atom. The molecule has 0 aliphatic heterocycles. The standard InChI is InChI=1S/C10H9F4NO2/c1-4(16)7-5(9(11)12)2-3-6(15)8(7)17-10(13)14/h2-3,9-10H,15H2,1H3. The predicted molar refractivity (Wildman–Crippen MR) is 52.4 cm³/mol. The number of carbonyl (C=O) groups excluding carboxylic acids is 1. The Bertz CT molecular complexity index is 435. The Balaban J connectivity index is 3.43. The van der Waals surface area contributed by atoms with Crippen LogP contribution in [0.5, 0.6) is 5.75 Å². The third-order valence-corrected chi connectivity index (χ3v) is 2.01. The zero-order valence-corrected chi connectivity index (χ0v) is 8.72. The van der Waals surface area contributed by atoms with Crippen LogP contribution in [0.2, 0.25) is 0 Å². The van der Waals surface area contributed by atoms with Gasteiger partial charge >= 0.3 is 6.61 Å². The maximum atomic E-state index is 12.6. The van der Waals surface area contributed by atoms with Crippen molar-refractivity contribution in [2.24, 2.45) is 0 Å². The van der Waals surface area contributed by atoms with Gasteiger partial charge in [0.2, 0.25) is 0 Å². The first-order chi connectivity index (χ1) is 7.84. The van der Waals surface area contributed by atoms with E-state index >= 15 is 0 Å². The zero-order valence-electron chi connectivity index (χ0n) is 8.72. The van der Waals surface area contributed by atoms with Crippen LogP contribution in [0.4, 0.5) is 23.2 Å². The molecular formula is C10H9F4NO2. The lowest BCUT2D eigenvalue weighted by Crippen LogP contribution is -2.11. The fourth-order valence-electron chi connectivity index (χ4n) is 1.38. The number of hydrogen-bond acceptors (Lipinski definition) is 3. The van der Waals surface area contributed by atoms with Gasteiger partial charge in [-0.3, -0.25) is 4.79 Å². The highest BCUT2D eigenvalue weighted by molar-refractivity contribution is 6.00. The molecule has 0 amide bonds. The van der Waals surface area contributed by atoms with Gasteiger partial charge < -0.3 is 10.5 Å². The molecule has 0 aromatic heterocycles. The maximum Gasteiger partial charge on any atom is 0.387 e. The van der Waals surface area contributed by atoms with Gasteiger partial charge in [-0.25, -0.2) is 8.78 Å². The molecule has 3 nitrogen and oxygen atoms in total. The van der Waals surface area contributed by atoms with Crippen molar-refractivity contribution in [2.45, 2.75) is 20.0 Å². The summed E-state index contributed by atoms with van der Waals surface area (Å²) in [5, 5.41) is 0. The van der Waals surface area contributed by atoms with Crippen LogP contribution in [0.15, 0.2) is 12.1 Å². The van der Waals surface area contributed by atoms with Gasteiger partial charge in [0.15, 0.2) is 11.5 Å². The van der Waals surface area contributed by atoms with Crippen LogP contribution in [0, 0.1) is 0 Å². The summed E-state index contributed by atoms with van der Waals surface area (Å²) in [6.45, 7) is -2.28. The Morgan fingerprint density at radius 1 is 1.29 bits per heavy atom. The smallest absolute Gasteiger partial charge is 0.387 e. The molecule has 1 aromatic rings. The first-order valence-corrected chi connectivity index (χ1v) is 4.50. The third kappa shape index (κ3) is 2.86. The van der Waals surface area contributed by atoms with E-state index in [-0.39, 0.29) is 5.69 Å². The van der Waals surface area contributed by atoms with Gasteiger partial charge in [-0.05, 0) is 13.0 Å². The topological polar surface area (TPSA) is 52.3 Å². The van der Waals surface area contributed by atoms with Gasteiger partial charge in [-0.15, -0.1) is 0 Å². The number of hydrogen-bond donors (Lipinski definition) is 1. The fraction of sp³-hybridized carbons (Fsp3) is 0.300. The summed E-state index contributed by atoms with van der Waals surface area (Å²) in [4.78, 5) is 11.2. The van der Waals surface area contributed by atoms with Crippen LogP contribution in [0.3, 0.4) is 0 Å². The number of carbonyl (C=O) groups is 1. The molecule has 0 heterocycles. The summed E-state index contributed by atoms with van der Waals surface area (Å²) >= 11 is 0. The number of anilines is 1. The fourth-order valence-corrected chi connectivity index (χ4v) is 1.38. The van der Waals surface area contributed by atoms with Gasteiger partial charge in [-0.2, -0.15) is 8.78 Å². The Labute approximate surface area is 94.2 Å². The average molecular weight is 251 g/mol. The first-order valence-electron chi connectivity index (χ1n) is 4.50. The molecule has 1 rings (SSSR count). The molecule has 1 aromatic carbocycles. The monoisotopic (exact) mass is 251 g/mol. The molecule has 0 atom stereocenters. The minimum atomic E-state index is -3.25. The molecular weight excluding hydrogens is 242 g/mol. The van der Waals surface area contributed by atoms with E-state index in [9.17, 15) is 22.4 Å². The molecule has 0 bridgehead atoms. The van der Waals surface area contributed by atoms with Gasteiger partial charge in [0, 0.05) is 5.56 Å². The highest BCUT2D eigenvalue weighted by Gasteiger charge is 2.24. The van der Waals surface area contributed by atoms with E-state index in [1.54, 1.807) is 0 Å². The summed E-state index contributed by atoms with van der Waals surface area (Å²) in [7, 11) is 0. The van der Waals surface area contributed by atoms with Gasteiger partial charge in [0.25, 0.3) is 6.43 Å². The van der Waals surface area contributed by atoms with E-state index in [0.29, 0.717) is 0 Å². The third-order valence-electron chi connectivity index (χ3n) is 2.01. The number of nitrogen functional groups attached to an aromatic ring is 1. The lowest BCUT2D eigenvalue weighted by atomic mass is 10.0. The van der Waals surface area contributed by atoms with Gasteiger partial charge in [0.05, 0.1) is 11.3 Å². The average Bonchev–Trinajstić information content (AvgIpc) is 2.19. The lowest BCUT2D eigenvalue weighted by Gasteiger charge is -2.14. The number of alkyl halides is 4. The zero-order chi connectivity index (χ0) is 13.2. The van der Waals surface area contributed by atoms with E-state index < -0.39 is 35.7 Å². The molecule has 0 radical (unpaired) electrons. The predicted octanol–water partition coefficient (Wildman–Crippen LogP) is 3.01. The van der Waals surface area contributed by atoms with Crippen molar-refractivity contribution in [1.82, 2.24) is 0 Å². The van der Waals surface area contributed by atoms with Crippen LogP contribution < -0.4 is 10.5 Å². The number of ketones is 1. The summed E-state index contributed by atoms with van der Waals surface area (Å²) < 4.78 is 53.4. The number of nitrogens with two attached hydrogens (primary N) is 1. The lowest BCUT2D eigenvalue weighted by molar-refractivity contribution is -0.0498. The normalized spacial score (nSPS) is 11.0. The second-order valence-electron chi connectivity index (χ2n) is 3.18. The van der Waals surface area contributed by atoms with Crippen molar-refractivity contribution in [2.75, 3.05) is 5.73 Å². The number of ether oxygens (including phenoxy) is 1. The first kappa shape index (κ1) is 13.3. The molecule has 17 heavy (non-hydrogen) atoms. The molecule has 2 N–H and O–H groups in total. The maximum absolute atomic E-state index is 12.6. The molecule has 0 saturated heterocycles. The number of halogens is 4. The minimum absolute atomic E-state index is 0.292. The molecule has 0 saturated carbocycles. The van der Waals surface area contributed by atoms with Crippen LogP contribution in [-0.4, -0.2) is 12.4 Å². The molecule has 0 fully saturated rings. The summed E-state index contributed by atoms with van der Waals surface area (Å²) in [5.74, 6) is -1.52. The summed E-state index contributed by atoms with van der Waals surface area (Å²) in [5.41, 5.74) is 3.74. The van der Waals surface area contributed by atoms with E-state index in [1.807, 2.05) is 0 Å². The van der Waals surface area contributed by atoms with Crippen LogP contribution >= 0.6 is 0 Å². The molecule has 0 spiro atoms. The van der Waals surface area contributed by atoms with Crippen LogP contribution in [0.1, 0.15) is 29.3 Å². The highest BCUT2D eigenvalue weighted by Crippen LogP contribution is 2.35. The Hall–Kier alpha value is -1.79. The van der Waals surface area contributed by atoms with Crippen molar-refractivity contribution in [1.29, 1.82) is 0 Å². The van der Waals surface area contributed by atoms with Crippen LogP contribution in [0.25, 0.3) is 0 Å².